The number of hydrogen-bond acceptors (Lipinski definition) is 3. The van der Waals surface area contributed by atoms with E-state index in [0.717, 1.165) is 18.3 Å². The maximum absolute atomic E-state index is 4.16. The van der Waals surface area contributed by atoms with Crippen LogP contribution >= 0.6 is 11.3 Å². The van der Waals surface area contributed by atoms with Crippen LogP contribution in [0.25, 0.3) is 0 Å². The van der Waals surface area contributed by atoms with Crippen LogP contribution in [-0.4, -0.2) is 18.1 Å². The summed E-state index contributed by atoms with van der Waals surface area (Å²) in [4.78, 5) is 5.57. The van der Waals surface area contributed by atoms with Crippen molar-refractivity contribution in [2.45, 2.75) is 45.1 Å². The van der Waals surface area contributed by atoms with Gasteiger partial charge in [0, 0.05) is 17.1 Å². The number of nitrogens with one attached hydrogen (secondary N) is 1. The molecular formula is C13H22N2S. The van der Waals surface area contributed by atoms with Crippen LogP contribution in [0.2, 0.25) is 0 Å². The summed E-state index contributed by atoms with van der Waals surface area (Å²) in [7, 11) is 2.10. The molecule has 3 atom stereocenters. The van der Waals surface area contributed by atoms with Crippen LogP contribution in [0.4, 0.5) is 0 Å². The fourth-order valence-corrected chi connectivity index (χ4v) is 3.57. The normalized spacial score (nSPS) is 27.1. The fourth-order valence-electron chi connectivity index (χ4n) is 2.91. The molecule has 0 radical (unpaired) electrons. The number of aromatic nitrogens is 1. The lowest BCUT2D eigenvalue weighted by Gasteiger charge is -2.22. The van der Waals surface area contributed by atoms with Crippen LogP contribution in [-0.2, 0) is 6.42 Å². The van der Waals surface area contributed by atoms with Crippen molar-refractivity contribution in [3.63, 3.8) is 0 Å². The molecule has 0 spiro atoms. The van der Waals surface area contributed by atoms with Gasteiger partial charge in [-0.3, -0.25) is 4.98 Å². The Labute approximate surface area is 102 Å². The average Bonchev–Trinajstić information content (AvgIpc) is 2.96. The highest BCUT2D eigenvalue weighted by molar-refractivity contribution is 7.09. The highest BCUT2D eigenvalue weighted by atomic mass is 32.1. The molecule has 1 N–H and O–H groups in total. The van der Waals surface area contributed by atoms with Crippen molar-refractivity contribution in [3.8, 4) is 0 Å². The van der Waals surface area contributed by atoms with E-state index in [0.29, 0.717) is 6.04 Å². The Bertz CT molecular complexity index is 297. The number of hydrogen-bond donors (Lipinski definition) is 1. The van der Waals surface area contributed by atoms with E-state index in [1.54, 1.807) is 11.3 Å². The number of likely N-dealkylation sites (N-methyl/N-ethyl adjacent to an activating group) is 1. The first-order valence-corrected chi connectivity index (χ1v) is 7.26. The third-order valence-corrected chi connectivity index (χ3v) is 4.81. The molecule has 0 saturated heterocycles. The number of thiazole rings is 1. The van der Waals surface area contributed by atoms with Crippen LogP contribution in [0, 0.1) is 11.8 Å². The lowest BCUT2D eigenvalue weighted by atomic mass is 9.93. The Balaban J connectivity index is 1.90. The van der Waals surface area contributed by atoms with Gasteiger partial charge in [-0.1, -0.05) is 19.8 Å². The third-order valence-electron chi connectivity index (χ3n) is 4.00. The summed E-state index contributed by atoms with van der Waals surface area (Å²) in [6.45, 7) is 2.32. The zero-order valence-corrected chi connectivity index (χ0v) is 11.1. The summed E-state index contributed by atoms with van der Waals surface area (Å²) >= 11 is 1.78. The molecule has 0 bridgehead atoms. The van der Waals surface area contributed by atoms with Crippen molar-refractivity contribution >= 4 is 11.3 Å². The van der Waals surface area contributed by atoms with Gasteiger partial charge < -0.3 is 5.32 Å². The minimum Gasteiger partial charge on any atom is -0.316 e. The van der Waals surface area contributed by atoms with E-state index < -0.39 is 0 Å². The summed E-state index contributed by atoms with van der Waals surface area (Å²) in [5.41, 5.74) is 1.94. The standard InChI is InChI=1S/C13H22N2S/c1-3-10-4-5-11(6-10)13(14-2)7-12-8-15-9-16-12/h8-11,13-14H,3-7H2,1-2H3. The molecule has 0 aliphatic heterocycles. The quantitative estimate of drug-likeness (QED) is 0.852. The van der Waals surface area contributed by atoms with E-state index >= 15 is 0 Å². The Morgan fingerprint density at radius 1 is 1.56 bits per heavy atom. The van der Waals surface area contributed by atoms with E-state index in [9.17, 15) is 0 Å². The topological polar surface area (TPSA) is 24.9 Å². The van der Waals surface area contributed by atoms with E-state index in [1.165, 1.54) is 30.6 Å². The Hall–Kier alpha value is -0.410. The van der Waals surface area contributed by atoms with Crippen LogP contribution in [0.1, 0.15) is 37.5 Å². The van der Waals surface area contributed by atoms with E-state index in [4.69, 9.17) is 0 Å². The molecule has 1 aromatic rings. The van der Waals surface area contributed by atoms with Crippen molar-refractivity contribution in [1.29, 1.82) is 0 Å². The summed E-state index contributed by atoms with van der Waals surface area (Å²) in [5, 5.41) is 3.51. The smallest absolute Gasteiger partial charge is 0.0794 e. The summed E-state index contributed by atoms with van der Waals surface area (Å²) in [6, 6.07) is 0.650. The fraction of sp³-hybridized carbons (Fsp3) is 0.769. The van der Waals surface area contributed by atoms with Crippen LogP contribution in [0.3, 0.4) is 0 Å². The SMILES string of the molecule is CCC1CCC(C(Cc2cncs2)NC)C1. The largest absolute Gasteiger partial charge is 0.316 e. The highest BCUT2D eigenvalue weighted by Crippen LogP contribution is 2.35. The average molecular weight is 238 g/mol. The highest BCUT2D eigenvalue weighted by Gasteiger charge is 2.29. The maximum Gasteiger partial charge on any atom is 0.0794 e. The number of nitrogens with zero attached hydrogens (tertiary/aromatic N) is 1. The van der Waals surface area contributed by atoms with Gasteiger partial charge in [0.25, 0.3) is 0 Å². The monoisotopic (exact) mass is 238 g/mol. The minimum absolute atomic E-state index is 0.650. The van der Waals surface area contributed by atoms with Crippen molar-refractivity contribution in [2.75, 3.05) is 7.05 Å². The van der Waals surface area contributed by atoms with E-state index in [1.807, 2.05) is 11.7 Å². The second-order valence-corrected chi connectivity index (χ2v) is 5.89. The van der Waals surface area contributed by atoms with Gasteiger partial charge in [0.15, 0.2) is 0 Å². The van der Waals surface area contributed by atoms with Gasteiger partial charge in [0.1, 0.15) is 0 Å². The first kappa shape index (κ1) is 12.1. The molecule has 0 aromatic carbocycles. The molecule has 1 aliphatic rings. The van der Waals surface area contributed by atoms with Gasteiger partial charge >= 0.3 is 0 Å². The maximum atomic E-state index is 4.16. The molecule has 1 heterocycles. The molecule has 2 nitrogen and oxygen atoms in total. The first-order chi connectivity index (χ1) is 7.83. The van der Waals surface area contributed by atoms with Gasteiger partial charge in [-0.05, 0) is 38.1 Å². The molecule has 2 rings (SSSR count). The Kier molecular flexibility index (Phi) is 4.36. The number of rotatable bonds is 5. The van der Waals surface area contributed by atoms with Crippen LogP contribution in [0.5, 0.6) is 0 Å². The van der Waals surface area contributed by atoms with Crippen molar-refractivity contribution in [1.82, 2.24) is 10.3 Å². The predicted octanol–water partition coefficient (Wildman–Crippen LogP) is 3.10. The van der Waals surface area contributed by atoms with Crippen molar-refractivity contribution < 1.29 is 0 Å². The van der Waals surface area contributed by atoms with Crippen molar-refractivity contribution in [2.24, 2.45) is 11.8 Å². The molecule has 1 fully saturated rings. The first-order valence-electron chi connectivity index (χ1n) is 6.38. The Morgan fingerprint density at radius 2 is 2.44 bits per heavy atom. The molecule has 0 amide bonds. The predicted molar refractivity (Wildman–Crippen MR) is 69.8 cm³/mol. The Morgan fingerprint density at radius 3 is 3.00 bits per heavy atom. The molecule has 3 unspecified atom stereocenters. The lowest BCUT2D eigenvalue weighted by molar-refractivity contribution is 0.363. The van der Waals surface area contributed by atoms with Gasteiger partial charge in [-0.25, -0.2) is 0 Å². The van der Waals surface area contributed by atoms with Crippen LogP contribution in [0.15, 0.2) is 11.7 Å². The van der Waals surface area contributed by atoms with Gasteiger partial charge in [0.05, 0.1) is 5.51 Å². The van der Waals surface area contributed by atoms with Gasteiger partial charge in [-0.2, -0.15) is 0 Å². The molecule has 3 heteroatoms. The van der Waals surface area contributed by atoms with Crippen molar-refractivity contribution in [3.05, 3.63) is 16.6 Å². The zero-order chi connectivity index (χ0) is 11.4. The van der Waals surface area contributed by atoms with Gasteiger partial charge in [-0.15, -0.1) is 11.3 Å². The summed E-state index contributed by atoms with van der Waals surface area (Å²) in [5.74, 6) is 1.85. The molecule has 1 aromatic heterocycles. The zero-order valence-electron chi connectivity index (χ0n) is 10.3. The second-order valence-electron chi connectivity index (χ2n) is 4.91. The van der Waals surface area contributed by atoms with E-state index in [2.05, 4.69) is 24.3 Å². The third kappa shape index (κ3) is 2.83. The van der Waals surface area contributed by atoms with Crippen LogP contribution < -0.4 is 5.32 Å². The summed E-state index contributed by atoms with van der Waals surface area (Å²) < 4.78 is 0. The molecular weight excluding hydrogens is 216 g/mol. The van der Waals surface area contributed by atoms with Gasteiger partial charge in [0.2, 0.25) is 0 Å². The molecule has 1 aliphatic carbocycles. The summed E-state index contributed by atoms with van der Waals surface area (Å²) in [6.07, 6.45) is 8.78. The molecule has 16 heavy (non-hydrogen) atoms. The lowest BCUT2D eigenvalue weighted by Crippen LogP contribution is -2.34. The van der Waals surface area contributed by atoms with E-state index in [-0.39, 0.29) is 0 Å². The molecule has 1 saturated carbocycles. The molecule has 90 valence electrons. The second kappa shape index (κ2) is 5.78. The minimum atomic E-state index is 0.650.